The molecule has 0 heterocycles. The van der Waals surface area contributed by atoms with Crippen LogP contribution < -0.4 is 5.32 Å². The highest BCUT2D eigenvalue weighted by Crippen LogP contribution is 2.10. The van der Waals surface area contributed by atoms with Crippen LogP contribution in [-0.4, -0.2) is 34.2 Å². The van der Waals surface area contributed by atoms with Crippen molar-refractivity contribution in [1.82, 2.24) is 5.32 Å². The zero-order valence-corrected chi connectivity index (χ0v) is 11.1. The number of carboxylic acids is 1. The first kappa shape index (κ1) is 15.2. The van der Waals surface area contributed by atoms with Crippen LogP contribution in [0.4, 0.5) is 0 Å². The number of benzene rings is 1. The molecule has 0 radical (unpaired) electrons. The highest BCUT2D eigenvalue weighted by molar-refractivity contribution is 5.88. The van der Waals surface area contributed by atoms with Gasteiger partial charge < -0.3 is 15.5 Å². The molecule has 0 saturated carbocycles. The van der Waals surface area contributed by atoms with Crippen LogP contribution in [0, 0.1) is 0 Å². The van der Waals surface area contributed by atoms with E-state index in [0.717, 1.165) is 0 Å². The van der Waals surface area contributed by atoms with Crippen molar-refractivity contribution < 1.29 is 19.8 Å². The van der Waals surface area contributed by atoms with E-state index >= 15 is 0 Å². The third kappa shape index (κ3) is 5.09. The van der Waals surface area contributed by atoms with Crippen LogP contribution in [0.15, 0.2) is 24.3 Å². The number of aliphatic hydroxyl groups excluding tert-OH is 1. The summed E-state index contributed by atoms with van der Waals surface area (Å²) in [4.78, 5) is 22.7. The zero-order valence-electron chi connectivity index (χ0n) is 11.1. The lowest BCUT2D eigenvalue weighted by Crippen LogP contribution is -2.44. The molecule has 0 atom stereocenters. The van der Waals surface area contributed by atoms with Gasteiger partial charge in [-0.05, 0) is 38.0 Å². The van der Waals surface area contributed by atoms with Gasteiger partial charge in [-0.25, -0.2) is 4.79 Å². The molecule has 0 aliphatic carbocycles. The summed E-state index contributed by atoms with van der Waals surface area (Å²) in [5.74, 6) is -1.20. The Morgan fingerprint density at radius 2 is 2.00 bits per heavy atom. The molecule has 0 saturated heterocycles. The predicted molar refractivity (Wildman–Crippen MR) is 71.0 cm³/mol. The summed E-state index contributed by atoms with van der Waals surface area (Å²) >= 11 is 0. The second kappa shape index (κ2) is 6.33. The van der Waals surface area contributed by atoms with Gasteiger partial charge in [-0.15, -0.1) is 0 Å². The number of hydrogen-bond acceptors (Lipinski definition) is 3. The highest BCUT2D eigenvalue weighted by Gasteiger charge is 2.19. The van der Waals surface area contributed by atoms with Crippen LogP contribution in [0.25, 0.3) is 0 Å². The van der Waals surface area contributed by atoms with E-state index in [-0.39, 0.29) is 24.5 Å². The lowest BCUT2D eigenvalue weighted by molar-refractivity contribution is -0.122. The molecule has 1 amide bonds. The number of carboxylic acid groups (broad SMARTS) is 1. The summed E-state index contributed by atoms with van der Waals surface area (Å²) < 4.78 is 0. The van der Waals surface area contributed by atoms with E-state index in [1.54, 1.807) is 12.1 Å². The van der Waals surface area contributed by atoms with E-state index in [1.165, 1.54) is 12.1 Å². The molecule has 5 nitrogen and oxygen atoms in total. The number of amides is 1. The van der Waals surface area contributed by atoms with E-state index in [1.807, 2.05) is 13.8 Å². The molecule has 104 valence electrons. The van der Waals surface area contributed by atoms with Crippen molar-refractivity contribution in [3.8, 4) is 0 Å². The molecular weight excluding hydrogens is 246 g/mol. The summed E-state index contributed by atoms with van der Waals surface area (Å²) in [6, 6.07) is 6.30. The molecule has 0 spiro atoms. The summed E-state index contributed by atoms with van der Waals surface area (Å²) in [6.07, 6.45) is 0.587. The Bertz CT molecular complexity index is 468. The van der Waals surface area contributed by atoms with E-state index in [2.05, 4.69) is 5.32 Å². The minimum atomic E-state index is -1.01. The molecular formula is C14H19NO4. The standard InChI is InChI=1S/C14H19NO4/c1-14(2,6-7-16)15-12(17)9-10-4-3-5-11(8-10)13(18)19/h3-5,8,16H,6-7,9H2,1-2H3,(H,15,17)(H,18,19). The van der Waals surface area contributed by atoms with Crippen LogP contribution in [0.3, 0.4) is 0 Å². The fraction of sp³-hybridized carbons (Fsp3) is 0.429. The van der Waals surface area contributed by atoms with Crippen molar-refractivity contribution in [2.75, 3.05) is 6.61 Å². The maximum atomic E-state index is 11.8. The first-order valence-corrected chi connectivity index (χ1v) is 6.08. The molecule has 0 aliphatic heterocycles. The van der Waals surface area contributed by atoms with Gasteiger partial charge >= 0.3 is 5.97 Å². The average Bonchev–Trinajstić information content (AvgIpc) is 2.27. The van der Waals surface area contributed by atoms with Crippen molar-refractivity contribution in [2.45, 2.75) is 32.2 Å². The predicted octanol–water partition coefficient (Wildman–Crippen LogP) is 1.20. The molecule has 0 aliphatic rings. The third-order valence-electron chi connectivity index (χ3n) is 2.75. The van der Waals surface area contributed by atoms with E-state index in [0.29, 0.717) is 12.0 Å². The molecule has 0 aromatic heterocycles. The molecule has 3 N–H and O–H groups in total. The van der Waals surface area contributed by atoms with E-state index in [4.69, 9.17) is 10.2 Å². The minimum Gasteiger partial charge on any atom is -0.478 e. The van der Waals surface area contributed by atoms with Gasteiger partial charge in [0.2, 0.25) is 5.91 Å². The monoisotopic (exact) mass is 265 g/mol. The maximum absolute atomic E-state index is 11.8. The van der Waals surface area contributed by atoms with Gasteiger partial charge in [-0.3, -0.25) is 4.79 Å². The zero-order chi connectivity index (χ0) is 14.5. The van der Waals surface area contributed by atoms with Crippen molar-refractivity contribution in [1.29, 1.82) is 0 Å². The van der Waals surface area contributed by atoms with Crippen LogP contribution in [0.2, 0.25) is 0 Å². The number of nitrogens with one attached hydrogen (secondary N) is 1. The molecule has 1 aromatic carbocycles. The Balaban J connectivity index is 2.67. The summed E-state index contributed by atoms with van der Waals surface area (Å²) in [5, 5.41) is 20.6. The SMILES string of the molecule is CC(C)(CCO)NC(=O)Cc1cccc(C(=O)O)c1. The number of carbonyl (C=O) groups excluding carboxylic acids is 1. The van der Waals surface area contributed by atoms with Gasteiger partial charge in [0.25, 0.3) is 0 Å². The van der Waals surface area contributed by atoms with Gasteiger partial charge in [0.05, 0.1) is 12.0 Å². The molecule has 19 heavy (non-hydrogen) atoms. The van der Waals surface area contributed by atoms with Crippen LogP contribution in [0.1, 0.15) is 36.2 Å². The Kier molecular flexibility index (Phi) is 5.06. The lowest BCUT2D eigenvalue weighted by Gasteiger charge is -2.25. The van der Waals surface area contributed by atoms with Crippen molar-refractivity contribution in [3.63, 3.8) is 0 Å². The Morgan fingerprint density at radius 1 is 1.32 bits per heavy atom. The van der Waals surface area contributed by atoms with Gasteiger partial charge in [0.1, 0.15) is 0 Å². The molecule has 1 aromatic rings. The molecule has 1 rings (SSSR count). The Hall–Kier alpha value is -1.88. The fourth-order valence-corrected chi connectivity index (χ4v) is 1.76. The number of rotatable bonds is 6. The lowest BCUT2D eigenvalue weighted by atomic mass is 10.0. The minimum absolute atomic E-state index is 0.00177. The number of carbonyl (C=O) groups is 2. The molecule has 0 unspecified atom stereocenters. The normalized spacial score (nSPS) is 11.1. The van der Waals surface area contributed by atoms with Crippen LogP contribution in [-0.2, 0) is 11.2 Å². The highest BCUT2D eigenvalue weighted by atomic mass is 16.4. The number of aliphatic hydroxyl groups is 1. The maximum Gasteiger partial charge on any atom is 0.335 e. The van der Waals surface area contributed by atoms with Gasteiger partial charge in [-0.1, -0.05) is 12.1 Å². The fourth-order valence-electron chi connectivity index (χ4n) is 1.76. The van der Waals surface area contributed by atoms with E-state index < -0.39 is 11.5 Å². The summed E-state index contributed by atoms with van der Waals surface area (Å²) in [5.41, 5.74) is 0.341. The largest absolute Gasteiger partial charge is 0.478 e. The average molecular weight is 265 g/mol. The molecule has 0 bridgehead atoms. The van der Waals surface area contributed by atoms with E-state index in [9.17, 15) is 9.59 Å². The van der Waals surface area contributed by atoms with Crippen molar-refractivity contribution in [3.05, 3.63) is 35.4 Å². The van der Waals surface area contributed by atoms with Gasteiger partial charge in [0.15, 0.2) is 0 Å². The third-order valence-corrected chi connectivity index (χ3v) is 2.75. The first-order chi connectivity index (χ1) is 8.84. The summed E-state index contributed by atoms with van der Waals surface area (Å²) in [7, 11) is 0. The van der Waals surface area contributed by atoms with Gasteiger partial charge in [-0.2, -0.15) is 0 Å². The number of hydrogen-bond donors (Lipinski definition) is 3. The van der Waals surface area contributed by atoms with Crippen LogP contribution >= 0.6 is 0 Å². The van der Waals surface area contributed by atoms with Crippen molar-refractivity contribution >= 4 is 11.9 Å². The van der Waals surface area contributed by atoms with Crippen molar-refractivity contribution in [2.24, 2.45) is 0 Å². The molecule has 5 heteroatoms. The molecule has 0 fully saturated rings. The Labute approximate surface area is 112 Å². The van der Waals surface area contributed by atoms with Crippen LogP contribution in [0.5, 0.6) is 0 Å². The first-order valence-electron chi connectivity index (χ1n) is 6.08. The quantitative estimate of drug-likeness (QED) is 0.721. The smallest absolute Gasteiger partial charge is 0.335 e. The summed E-state index contributed by atoms with van der Waals surface area (Å²) in [6.45, 7) is 3.66. The Morgan fingerprint density at radius 3 is 2.58 bits per heavy atom. The van der Waals surface area contributed by atoms with Gasteiger partial charge in [0, 0.05) is 12.1 Å². The second-order valence-corrected chi connectivity index (χ2v) is 5.09. The topological polar surface area (TPSA) is 86.6 Å². The second-order valence-electron chi connectivity index (χ2n) is 5.09. The number of aromatic carboxylic acids is 1.